The highest BCUT2D eigenvalue weighted by Crippen LogP contribution is 2.06. The molecule has 1 aliphatic heterocycles. The lowest BCUT2D eigenvalue weighted by Gasteiger charge is -2.22. The monoisotopic (exact) mass is 194 g/mol. The van der Waals surface area contributed by atoms with Crippen molar-refractivity contribution >= 4 is 5.71 Å². The van der Waals surface area contributed by atoms with Crippen molar-refractivity contribution in [3.8, 4) is 0 Å². The first kappa shape index (κ1) is 9.11. The normalized spacial score (nSPS) is 17.4. The van der Waals surface area contributed by atoms with Gasteiger partial charge in [-0.1, -0.05) is 12.1 Å². The molecule has 1 aliphatic rings. The topological polar surface area (TPSA) is 53.6 Å². The minimum absolute atomic E-state index is 0.247. The molecule has 5 heteroatoms. The lowest BCUT2D eigenvalue weighted by Crippen LogP contribution is -2.45. The van der Waals surface area contributed by atoms with E-state index < -0.39 is 0 Å². The molecule has 0 bridgehead atoms. The van der Waals surface area contributed by atoms with Crippen LogP contribution in [0.5, 0.6) is 0 Å². The number of hydrogen-bond acceptors (Lipinski definition) is 4. The van der Waals surface area contributed by atoms with E-state index in [-0.39, 0.29) is 5.82 Å². The second kappa shape index (κ2) is 3.73. The van der Waals surface area contributed by atoms with Gasteiger partial charge >= 0.3 is 0 Å². The van der Waals surface area contributed by atoms with E-state index in [4.69, 9.17) is 5.84 Å². The number of hydrazine groups is 1. The Bertz CT molecular complexity index is 346. The van der Waals surface area contributed by atoms with Crippen LogP contribution in [0.3, 0.4) is 0 Å². The largest absolute Gasteiger partial charge is 0.294 e. The molecule has 0 atom stereocenters. The van der Waals surface area contributed by atoms with Gasteiger partial charge in [0.05, 0.1) is 18.9 Å². The van der Waals surface area contributed by atoms with Gasteiger partial charge in [-0.15, -0.1) is 0 Å². The van der Waals surface area contributed by atoms with Gasteiger partial charge in [-0.25, -0.2) is 9.40 Å². The zero-order valence-electron chi connectivity index (χ0n) is 7.57. The van der Waals surface area contributed by atoms with Crippen LogP contribution in [0.25, 0.3) is 0 Å². The summed E-state index contributed by atoms with van der Waals surface area (Å²) < 4.78 is 12.6. The molecular weight excluding hydrogens is 183 g/mol. The molecule has 0 aliphatic carbocycles. The average molecular weight is 194 g/mol. The molecule has 2 rings (SSSR count). The SMILES string of the molecule is NN1CNN=C(c2ccc(F)cc2)C1. The van der Waals surface area contributed by atoms with Crippen molar-refractivity contribution in [2.45, 2.75) is 0 Å². The maximum atomic E-state index is 12.6. The van der Waals surface area contributed by atoms with Gasteiger partial charge < -0.3 is 0 Å². The molecule has 0 amide bonds. The number of hydrogen-bond donors (Lipinski definition) is 2. The van der Waals surface area contributed by atoms with Crippen LogP contribution in [0.15, 0.2) is 29.4 Å². The first-order valence-electron chi connectivity index (χ1n) is 4.31. The van der Waals surface area contributed by atoms with E-state index in [2.05, 4.69) is 10.5 Å². The van der Waals surface area contributed by atoms with Gasteiger partial charge in [0, 0.05) is 0 Å². The fourth-order valence-corrected chi connectivity index (χ4v) is 1.30. The molecule has 3 N–H and O–H groups in total. The minimum Gasteiger partial charge on any atom is -0.294 e. The molecule has 1 aromatic rings. The average Bonchev–Trinajstić information content (AvgIpc) is 2.19. The second-order valence-electron chi connectivity index (χ2n) is 3.13. The van der Waals surface area contributed by atoms with E-state index in [1.807, 2.05) is 0 Å². The molecule has 0 saturated heterocycles. The first-order valence-corrected chi connectivity index (χ1v) is 4.31. The highest BCUT2D eigenvalue weighted by atomic mass is 19.1. The van der Waals surface area contributed by atoms with Gasteiger partial charge in [-0.05, 0) is 17.7 Å². The van der Waals surface area contributed by atoms with Crippen LogP contribution in [0.2, 0.25) is 0 Å². The quantitative estimate of drug-likeness (QED) is 0.631. The van der Waals surface area contributed by atoms with E-state index in [1.165, 1.54) is 12.1 Å². The van der Waals surface area contributed by atoms with E-state index in [0.717, 1.165) is 11.3 Å². The van der Waals surface area contributed by atoms with Crippen molar-refractivity contribution < 1.29 is 4.39 Å². The Morgan fingerprint density at radius 1 is 1.36 bits per heavy atom. The van der Waals surface area contributed by atoms with Crippen molar-refractivity contribution in [2.24, 2.45) is 10.9 Å². The molecule has 1 aromatic carbocycles. The third-order valence-corrected chi connectivity index (χ3v) is 2.02. The fraction of sp³-hybridized carbons (Fsp3) is 0.222. The molecule has 1 heterocycles. The van der Waals surface area contributed by atoms with Crippen molar-refractivity contribution in [2.75, 3.05) is 13.2 Å². The molecule has 14 heavy (non-hydrogen) atoms. The minimum atomic E-state index is -0.247. The number of hydrazone groups is 1. The van der Waals surface area contributed by atoms with Gasteiger partial charge in [0.25, 0.3) is 0 Å². The van der Waals surface area contributed by atoms with Gasteiger partial charge in [0.1, 0.15) is 5.82 Å². The van der Waals surface area contributed by atoms with E-state index in [1.54, 1.807) is 17.1 Å². The Morgan fingerprint density at radius 2 is 2.07 bits per heavy atom. The third kappa shape index (κ3) is 1.89. The molecule has 0 aromatic heterocycles. The van der Waals surface area contributed by atoms with Gasteiger partial charge in [-0.2, -0.15) is 5.10 Å². The maximum absolute atomic E-state index is 12.6. The van der Waals surface area contributed by atoms with Crippen molar-refractivity contribution in [1.29, 1.82) is 0 Å². The summed E-state index contributed by atoms with van der Waals surface area (Å²) in [7, 11) is 0. The molecular formula is C9H11FN4. The summed E-state index contributed by atoms with van der Waals surface area (Å²) >= 11 is 0. The molecule has 4 nitrogen and oxygen atoms in total. The lowest BCUT2D eigenvalue weighted by atomic mass is 10.1. The summed E-state index contributed by atoms with van der Waals surface area (Å²) in [4.78, 5) is 0. The van der Waals surface area contributed by atoms with Crippen molar-refractivity contribution in [1.82, 2.24) is 10.4 Å². The van der Waals surface area contributed by atoms with E-state index in [9.17, 15) is 4.39 Å². The van der Waals surface area contributed by atoms with Crippen LogP contribution >= 0.6 is 0 Å². The maximum Gasteiger partial charge on any atom is 0.123 e. The Hall–Kier alpha value is -1.46. The third-order valence-electron chi connectivity index (χ3n) is 2.02. The zero-order chi connectivity index (χ0) is 9.97. The second-order valence-corrected chi connectivity index (χ2v) is 3.13. The number of nitrogens with one attached hydrogen (secondary N) is 1. The first-order chi connectivity index (χ1) is 6.75. The van der Waals surface area contributed by atoms with Crippen LogP contribution in [-0.4, -0.2) is 23.9 Å². The van der Waals surface area contributed by atoms with Crippen molar-refractivity contribution in [3.63, 3.8) is 0 Å². The zero-order valence-corrected chi connectivity index (χ0v) is 7.57. The predicted molar refractivity (Wildman–Crippen MR) is 51.8 cm³/mol. The van der Waals surface area contributed by atoms with Crippen LogP contribution in [0, 0.1) is 5.82 Å². The van der Waals surface area contributed by atoms with Crippen LogP contribution in [0.4, 0.5) is 4.39 Å². The van der Waals surface area contributed by atoms with Gasteiger partial charge in [0.15, 0.2) is 0 Å². The summed E-state index contributed by atoms with van der Waals surface area (Å²) in [6, 6.07) is 6.20. The standard InChI is InChI=1S/C9H11FN4/c10-8-3-1-7(2-4-8)9-5-14(11)6-12-13-9/h1-4,12H,5-6,11H2. The highest BCUT2D eigenvalue weighted by molar-refractivity contribution is 6.02. The smallest absolute Gasteiger partial charge is 0.123 e. The Morgan fingerprint density at radius 3 is 2.71 bits per heavy atom. The number of rotatable bonds is 1. The molecule has 0 saturated carbocycles. The number of benzene rings is 1. The molecule has 0 spiro atoms. The molecule has 0 unspecified atom stereocenters. The Balaban J connectivity index is 2.22. The van der Waals surface area contributed by atoms with Gasteiger partial charge in [-0.3, -0.25) is 11.3 Å². The number of nitrogens with two attached hydrogens (primary N) is 1. The lowest BCUT2D eigenvalue weighted by molar-refractivity contribution is 0.284. The number of nitrogens with zero attached hydrogens (tertiary/aromatic N) is 2. The Kier molecular flexibility index (Phi) is 2.43. The summed E-state index contributed by atoms with van der Waals surface area (Å²) in [6.07, 6.45) is 0. The fourth-order valence-electron chi connectivity index (χ4n) is 1.30. The molecule has 0 radical (unpaired) electrons. The van der Waals surface area contributed by atoms with Crippen LogP contribution < -0.4 is 11.3 Å². The Labute approximate surface area is 81.2 Å². The van der Waals surface area contributed by atoms with E-state index in [0.29, 0.717) is 13.2 Å². The summed E-state index contributed by atoms with van der Waals surface area (Å²) in [5.41, 5.74) is 4.49. The summed E-state index contributed by atoms with van der Waals surface area (Å²) in [6.45, 7) is 1.10. The highest BCUT2D eigenvalue weighted by Gasteiger charge is 2.11. The number of halogens is 1. The summed E-state index contributed by atoms with van der Waals surface area (Å²) in [5.74, 6) is 5.36. The molecule has 74 valence electrons. The van der Waals surface area contributed by atoms with Crippen molar-refractivity contribution in [3.05, 3.63) is 35.6 Å². The van der Waals surface area contributed by atoms with Crippen LogP contribution in [-0.2, 0) is 0 Å². The molecule has 0 fully saturated rings. The van der Waals surface area contributed by atoms with Gasteiger partial charge in [0.2, 0.25) is 0 Å². The summed E-state index contributed by atoms with van der Waals surface area (Å²) in [5, 5.41) is 5.71. The van der Waals surface area contributed by atoms with E-state index >= 15 is 0 Å². The van der Waals surface area contributed by atoms with Crippen LogP contribution in [0.1, 0.15) is 5.56 Å². The predicted octanol–water partition coefficient (Wildman–Crippen LogP) is 0.266.